The number of nitrogens with one attached hydrogen (secondary N) is 1. The summed E-state index contributed by atoms with van der Waals surface area (Å²) in [5, 5.41) is 3.64. The molecule has 108 valence electrons. The fraction of sp³-hybridized carbons (Fsp3) is 0.800. The molecule has 0 aliphatic heterocycles. The number of ether oxygens (including phenoxy) is 1. The summed E-state index contributed by atoms with van der Waals surface area (Å²) in [5.41, 5.74) is 0.0106. The highest BCUT2D eigenvalue weighted by molar-refractivity contribution is 5.04. The fourth-order valence-corrected chi connectivity index (χ4v) is 3.32. The average Bonchev–Trinajstić information content (AvgIpc) is 3.00. The Kier molecular flexibility index (Phi) is 4.99. The van der Waals surface area contributed by atoms with Gasteiger partial charge in [0.25, 0.3) is 0 Å². The van der Waals surface area contributed by atoms with Gasteiger partial charge in [0.2, 0.25) is 0 Å². The molecule has 1 aliphatic rings. The lowest BCUT2D eigenvalue weighted by Crippen LogP contribution is -2.52. The lowest BCUT2D eigenvalue weighted by Gasteiger charge is -2.38. The minimum atomic E-state index is 0.0106. The summed E-state index contributed by atoms with van der Waals surface area (Å²) in [7, 11) is 2.06. The van der Waals surface area contributed by atoms with Crippen LogP contribution in [0.5, 0.6) is 0 Å². The molecule has 4 nitrogen and oxygen atoms in total. The van der Waals surface area contributed by atoms with Crippen molar-refractivity contribution in [2.45, 2.75) is 57.6 Å². The van der Waals surface area contributed by atoms with Gasteiger partial charge in [-0.25, -0.2) is 4.98 Å². The molecule has 1 saturated carbocycles. The largest absolute Gasteiger partial charge is 0.374 e. The minimum Gasteiger partial charge on any atom is -0.374 e. The predicted octanol–water partition coefficient (Wildman–Crippen LogP) is 2.29. The molecule has 1 fully saturated rings. The Labute approximate surface area is 116 Å². The summed E-state index contributed by atoms with van der Waals surface area (Å²) < 4.78 is 8.30. The average molecular weight is 265 g/mol. The van der Waals surface area contributed by atoms with Crippen molar-refractivity contribution in [1.82, 2.24) is 14.9 Å². The van der Waals surface area contributed by atoms with E-state index in [0.717, 1.165) is 25.4 Å². The Bertz CT molecular complexity index is 382. The maximum Gasteiger partial charge on any atom is 0.110 e. The van der Waals surface area contributed by atoms with Crippen LogP contribution in [0.15, 0.2) is 12.4 Å². The molecular formula is C15H27N3O. The van der Waals surface area contributed by atoms with Gasteiger partial charge < -0.3 is 14.6 Å². The van der Waals surface area contributed by atoms with Gasteiger partial charge in [0.05, 0.1) is 5.60 Å². The first-order valence-corrected chi connectivity index (χ1v) is 7.55. The van der Waals surface area contributed by atoms with E-state index in [1.54, 1.807) is 0 Å². The highest BCUT2D eigenvalue weighted by Crippen LogP contribution is 2.37. The van der Waals surface area contributed by atoms with Crippen LogP contribution >= 0.6 is 0 Å². The molecule has 0 aromatic carbocycles. The molecule has 19 heavy (non-hydrogen) atoms. The van der Waals surface area contributed by atoms with Crippen molar-refractivity contribution in [2.24, 2.45) is 7.05 Å². The van der Waals surface area contributed by atoms with Crippen LogP contribution in [-0.2, 0) is 18.2 Å². The molecule has 2 rings (SSSR count). The van der Waals surface area contributed by atoms with Crippen LogP contribution < -0.4 is 5.32 Å². The standard InChI is InChI=1S/C15H27N3O/c1-4-16-13(12-14-17-10-11-18(14)3)15(19-5-2)8-6-7-9-15/h10-11,13,16H,4-9,12H2,1-3H3. The third-order valence-electron chi connectivity index (χ3n) is 4.27. The molecule has 4 heteroatoms. The number of rotatable bonds is 7. The second-order valence-corrected chi connectivity index (χ2v) is 5.47. The van der Waals surface area contributed by atoms with Crippen molar-refractivity contribution in [3.05, 3.63) is 18.2 Å². The van der Waals surface area contributed by atoms with E-state index in [4.69, 9.17) is 4.74 Å². The lowest BCUT2D eigenvalue weighted by atomic mass is 9.89. The van der Waals surface area contributed by atoms with Crippen molar-refractivity contribution in [2.75, 3.05) is 13.2 Å². The summed E-state index contributed by atoms with van der Waals surface area (Å²) in [6, 6.07) is 0.362. The van der Waals surface area contributed by atoms with Gasteiger partial charge in [-0.05, 0) is 26.3 Å². The van der Waals surface area contributed by atoms with E-state index < -0.39 is 0 Å². The van der Waals surface area contributed by atoms with E-state index in [2.05, 4.69) is 35.8 Å². The number of hydrogen-bond donors (Lipinski definition) is 1. The van der Waals surface area contributed by atoms with Crippen molar-refractivity contribution < 1.29 is 4.74 Å². The van der Waals surface area contributed by atoms with Crippen molar-refractivity contribution >= 4 is 0 Å². The summed E-state index contributed by atoms with van der Waals surface area (Å²) in [5.74, 6) is 1.14. The van der Waals surface area contributed by atoms with Crippen molar-refractivity contribution in [1.29, 1.82) is 0 Å². The molecule has 1 aromatic heterocycles. The predicted molar refractivity (Wildman–Crippen MR) is 77.2 cm³/mol. The second kappa shape index (κ2) is 6.53. The van der Waals surface area contributed by atoms with Crippen LogP contribution in [0.2, 0.25) is 0 Å². The first-order valence-electron chi connectivity index (χ1n) is 7.55. The van der Waals surface area contributed by atoms with Crippen LogP contribution in [0.1, 0.15) is 45.4 Å². The molecule has 1 heterocycles. The van der Waals surface area contributed by atoms with E-state index in [1.165, 1.54) is 25.7 Å². The van der Waals surface area contributed by atoms with Gasteiger partial charge in [-0.2, -0.15) is 0 Å². The van der Waals surface area contributed by atoms with Crippen molar-refractivity contribution in [3.63, 3.8) is 0 Å². The Hall–Kier alpha value is -0.870. The molecule has 0 bridgehead atoms. The topological polar surface area (TPSA) is 39.1 Å². The normalized spacial score (nSPS) is 19.7. The van der Waals surface area contributed by atoms with E-state index in [-0.39, 0.29) is 5.60 Å². The summed E-state index contributed by atoms with van der Waals surface area (Å²) in [6.45, 7) is 6.04. The van der Waals surface area contributed by atoms with Crippen LogP contribution in [0.25, 0.3) is 0 Å². The first-order chi connectivity index (χ1) is 9.22. The Morgan fingerprint density at radius 2 is 2.16 bits per heavy atom. The molecule has 1 aliphatic carbocycles. The number of aryl methyl sites for hydroxylation is 1. The zero-order valence-corrected chi connectivity index (χ0v) is 12.5. The van der Waals surface area contributed by atoms with Crippen LogP contribution in [0.3, 0.4) is 0 Å². The van der Waals surface area contributed by atoms with Crippen LogP contribution in [0, 0.1) is 0 Å². The Balaban J connectivity index is 2.15. The smallest absolute Gasteiger partial charge is 0.110 e. The SMILES string of the molecule is CCNC(Cc1nccn1C)C1(OCC)CCCC1. The van der Waals surface area contributed by atoms with Gasteiger partial charge in [-0.3, -0.25) is 0 Å². The Morgan fingerprint density at radius 1 is 1.42 bits per heavy atom. The summed E-state index contributed by atoms with van der Waals surface area (Å²) in [4.78, 5) is 4.47. The Morgan fingerprint density at radius 3 is 2.68 bits per heavy atom. The van der Waals surface area contributed by atoms with Crippen LogP contribution in [0.4, 0.5) is 0 Å². The van der Waals surface area contributed by atoms with E-state index in [9.17, 15) is 0 Å². The highest BCUT2D eigenvalue weighted by atomic mass is 16.5. The summed E-state index contributed by atoms with van der Waals surface area (Å²) >= 11 is 0. The third kappa shape index (κ3) is 3.18. The molecule has 0 saturated heterocycles. The molecule has 0 amide bonds. The number of likely N-dealkylation sites (N-methyl/N-ethyl adjacent to an activating group) is 1. The van der Waals surface area contributed by atoms with E-state index in [1.807, 2.05) is 12.4 Å². The lowest BCUT2D eigenvalue weighted by molar-refractivity contribution is -0.0614. The molecule has 1 unspecified atom stereocenters. The van der Waals surface area contributed by atoms with Crippen molar-refractivity contribution in [3.8, 4) is 0 Å². The highest BCUT2D eigenvalue weighted by Gasteiger charge is 2.42. The summed E-state index contributed by atoms with van der Waals surface area (Å²) in [6.07, 6.45) is 9.73. The van der Waals surface area contributed by atoms with Gasteiger partial charge >= 0.3 is 0 Å². The molecule has 0 spiro atoms. The fourth-order valence-electron chi connectivity index (χ4n) is 3.32. The maximum absolute atomic E-state index is 6.19. The van der Waals surface area contributed by atoms with Gasteiger partial charge in [0.15, 0.2) is 0 Å². The van der Waals surface area contributed by atoms with Gasteiger partial charge in [-0.15, -0.1) is 0 Å². The number of imidazole rings is 1. The molecule has 1 atom stereocenters. The van der Waals surface area contributed by atoms with Gasteiger partial charge in [0.1, 0.15) is 5.82 Å². The third-order valence-corrected chi connectivity index (χ3v) is 4.27. The zero-order valence-electron chi connectivity index (χ0n) is 12.5. The molecular weight excluding hydrogens is 238 g/mol. The number of nitrogens with zero attached hydrogens (tertiary/aromatic N) is 2. The van der Waals surface area contributed by atoms with E-state index >= 15 is 0 Å². The molecule has 0 radical (unpaired) electrons. The number of aromatic nitrogens is 2. The van der Waals surface area contributed by atoms with Gasteiger partial charge in [0, 0.05) is 38.5 Å². The zero-order chi connectivity index (χ0) is 13.7. The van der Waals surface area contributed by atoms with Crippen LogP contribution in [-0.4, -0.2) is 34.3 Å². The second-order valence-electron chi connectivity index (χ2n) is 5.47. The molecule has 1 aromatic rings. The number of hydrogen-bond acceptors (Lipinski definition) is 3. The first kappa shape index (κ1) is 14.5. The monoisotopic (exact) mass is 265 g/mol. The quantitative estimate of drug-likeness (QED) is 0.822. The molecule has 1 N–H and O–H groups in total. The maximum atomic E-state index is 6.19. The van der Waals surface area contributed by atoms with E-state index in [0.29, 0.717) is 6.04 Å². The van der Waals surface area contributed by atoms with Gasteiger partial charge in [-0.1, -0.05) is 19.8 Å². The minimum absolute atomic E-state index is 0.0106.